The molecule has 1 aromatic carbocycles. The van der Waals surface area contributed by atoms with Gasteiger partial charge in [-0.2, -0.15) is 4.98 Å². The van der Waals surface area contributed by atoms with E-state index in [4.69, 9.17) is 9.26 Å². The Morgan fingerprint density at radius 2 is 2.22 bits per heavy atom. The smallest absolute Gasteiger partial charge is 0.264 e. The van der Waals surface area contributed by atoms with Gasteiger partial charge in [0.05, 0.1) is 4.47 Å². The Kier molecular flexibility index (Phi) is 3.96. The lowest BCUT2D eigenvalue weighted by atomic mass is 10.2. The highest BCUT2D eigenvalue weighted by atomic mass is 79.9. The molecule has 18 heavy (non-hydrogen) atoms. The maximum absolute atomic E-state index is 13.0. The predicted molar refractivity (Wildman–Crippen MR) is 66.8 cm³/mol. The van der Waals surface area contributed by atoms with E-state index in [1.807, 2.05) is 13.8 Å². The number of hydrogen-bond acceptors (Lipinski definition) is 4. The third kappa shape index (κ3) is 3.07. The van der Waals surface area contributed by atoms with Gasteiger partial charge in [0, 0.05) is 5.92 Å². The fourth-order valence-electron chi connectivity index (χ4n) is 1.27. The monoisotopic (exact) mass is 314 g/mol. The second-order valence-corrected chi connectivity index (χ2v) is 4.92. The number of aromatic nitrogens is 2. The lowest BCUT2D eigenvalue weighted by Crippen LogP contribution is -1.97. The largest absolute Gasteiger partial charge is 0.484 e. The van der Waals surface area contributed by atoms with E-state index in [1.165, 1.54) is 6.07 Å². The van der Waals surface area contributed by atoms with Crippen LogP contribution >= 0.6 is 15.9 Å². The fraction of sp³-hybridized carbons (Fsp3) is 0.333. The molecule has 0 amide bonds. The summed E-state index contributed by atoms with van der Waals surface area (Å²) in [6, 6.07) is 4.42. The van der Waals surface area contributed by atoms with Gasteiger partial charge in [0.1, 0.15) is 11.6 Å². The van der Waals surface area contributed by atoms with Gasteiger partial charge >= 0.3 is 0 Å². The zero-order valence-corrected chi connectivity index (χ0v) is 11.6. The van der Waals surface area contributed by atoms with Gasteiger partial charge in [0.25, 0.3) is 5.89 Å². The molecule has 0 N–H and O–H groups in total. The molecule has 0 radical (unpaired) electrons. The Morgan fingerprint density at radius 3 is 2.83 bits per heavy atom. The molecule has 0 saturated heterocycles. The average Bonchev–Trinajstić information content (AvgIpc) is 2.79. The summed E-state index contributed by atoms with van der Waals surface area (Å²) in [5.41, 5.74) is 0. The number of nitrogens with zero attached hydrogens (tertiary/aromatic N) is 2. The minimum absolute atomic E-state index is 0.164. The molecule has 4 nitrogen and oxygen atoms in total. The van der Waals surface area contributed by atoms with Crippen LogP contribution in [0.2, 0.25) is 0 Å². The summed E-state index contributed by atoms with van der Waals surface area (Å²) >= 11 is 3.09. The molecule has 96 valence electrons. The summed E-state index contributed by atoms with van der Waals surface area (Å²) < 4.78 is 23.8. The Morgan fingerprint density at radius 1 is 1.44 bits per heavy atom. The van der Waals surface area contributed by atoms with Crippen molar-refractivity contribution < 1.29 is 13.7 Å². The quantitative estimate of drug-likeness (QED) is 0.863. The Balaban J connectivity index is 2.00. The Bertz CT molecular complexity index is 543. The SMILES string of the molecule is CC(C)c1noc(COc2ccc(F)c(Br)c2)n1. The van der Waals surface area contributed by atoms with E-state index in [2.05, 4.69) is 26.1 Å². The van der Waals surface area contributed by atoms with Crippen molar-refractivity contribution in [1.82, 2.24) is 10.1 Å². The molecule has 0 atom stereocenters. The fourth-order valence-corrected chi connectivity index (χ4v) is 1.63. The van der Waals surface area contributed by atoms with Gasteiger partial charge in [0.2, 0.25) is 0 Å². The number of halogens is 2. The second-order valence-electron chi connectivity index (χ2n) is 4.07. The number of rotatable bonds is 4. The summed E-state index contributed by atoms with van der Waals surface area (Å²) in [6.07, 6.45) is 0. The van der Waals surface area contributed by atoms with E-state index < -0.39 is 0 Å². The van der Waals surface area contributed by atoms with E-state index in [-0.39, 0.29) is 18.3 Å². The van der Waals surface area contributed by atoms with Gasteiger partial charge in [-0.15, -0.1) is 0 Å². The van der Waals surface area contributed by atoms with Gasteiger partial charge < -0.3 is 9.26 Å². The lowest BCUT2D eigenvalue weighted by molar-refractivity contribution is 0.242. The van der Waals surface area contributed by atoms with Crippen molar-refractivity contribution in [3.63, 3.8) is 0 Å². The van der Waals surface area contributed by atoms with Crippen molar-refractivity contribution in [1.29, 1.82) is 0 Å². The van der Waals surface area contributed by atoms with Gasteiger partial charge in [-0.3, -0.25) is 0 Å². The second kappa shape index (κ2) is 5.48. The van der Waals surface area contributed by atoms with Crippen LogP contribution in [0.4, 0.5) is 4.39 Å². The molecule has 0 fully saturated rings. The third-order valence-electron chi connectivity index (χ3n) is 2.25. The highest BCUT2D eigenvalue weighted by Gasteiger charge is 2.10. The Hall–Kier alpha value is -1.43. The minimum atomic E-state index is -0.331. The van der Waals surface area contributed by atoms with E-state index in [0.717, 1.165) is 0 Å². The van der Waals surface area contributed by atoms with Crippen LogP contribution in [0.15, 0.2) is 27.2 Å². The van der Waals surface area contributed by atoms with Gasteiger partial charge in [-0.25, -0.2) is 4.39 Å². The van der Waals surface area contributed by atoms with Crippen molar-refractivity contribution in [3.05, 3.63) is 40.2 Å². The zero-order valence-electron chi connectivity index (χ0n) is 9.98. The minimum Gasteiger partial charge on any atom is -0.484 e. The van der Waals surface area contributed by atoms with Crippen LogP contribution in [0.25, 0.3) is 0 Å². The van der Waals surface area contributed by atoms with E-state index in [0.29, 0.717) is 21.9 Å². The van der Waals surface area contributed by atoms with E-state index >= 15 is 0 Å². The number of ether oxygens (including phenoxy) is 1. The summed E-state index contributed by atoms with van der Waals surface area (Å²) in [4.78, 5) is 4.18. The zero-order chi connectivity index (χ0) is 13.1. The first kappa shape index (κ1) is 13.0. The van der Waals surface area contributed by atoms with Gasteiger partial charge in [0.15, 0.2) is 12.4 Å². The molecule has 2 aromatic rings. The number of hydrogen-bond donors (Lipinski definition) is 0. The predicted octanol–water partition coefficient (Wildman–Crippen LogP) is 3.67. The first-order chi connectivity index (χ1) is 8.56. The molecule has 1 aromatic heterocycles. The highest BCUT2D eigenvalue weighted by molar-refractivity contribution is 9.10. The van der Waals surface area contributed by atoms with Crippen LogP contribution < -0.4 is 4.74 Å². The van der Waals surface area contributed by atoms with Crippen LogP contribution in [0.3, 0.4) is 0 Å². The normalized spacial score (nSPS) is 10.9. The Labute approximate surface area is 112 Å². The van der Waals surface area contributed by atoms with Crippen LogP contribution in [-0.2, 0) is 6.61 Å². The van der Waals surface area contributed by atoms with Crippen molar-refractivity contribution in [2.24, 2.45) is 0 Å². The molecule has 6 heteroatoms. The van der Waals surface area contributed by atoms with Crippen molar-refractivity contribution >= 4 is 15.9 Å². The van der Waals surface area contributed by atoms with Crippen molar-refractivity contribution in [2.45, 2.75) is 26.4 Å². The highest BCUT2D eigenvalue weighted by Crippen LogP contribution is 2.22. The molecule has 0 aliphatic heterocycles. The molecule has 0 aliphatic carbocycles. The lowest BCUT2D eigenvalue weighted by Gasteiger charge is -2.03. The molecule has 0 aliphatic rings. The third-order valence-corrected chi connectivity index (χ3v) is 2.86. The first-order valence-corrected chi connectivity index (χ1v) is 6.26. The molecular weight excluding hydrogens is 303 g/mol. The van der Waals surface area contributed by atoms with Crippen LogP contribution in [0.5, 0.6) is 5.75 Å². The van der Waals surface area contributed by atoms with Crippen LogP contribution in [0.1, 0.15) is 31.5 Å². The van der Waals surface area contributed by atoms with Crippen LogP contribution in [-0.4, -0.2) is 10.1 Å². The van der Waals surface area contributed by atoms with Gasteiger partial charge in [-0.1, -0.05) is 19.0 Å². The van der Waals surface area contributed by atoms with Crippen molar-refractivity contribution in [3.8, 4) is 5.75 Å². The maximum atomic E-state index is 13.0. The average molecular weight is 315 g/mol. The maximum Gasteiger partial charge on any atom is 0.264 e. The molecule has 0 saturated carbocycles. The molecule has 2 rings (SSSR count). The number of benzene rings is 1. The van der Waals surface area contributed by atoms with Gasteiger partial charge in [-0.05, 0) is 34.1 Å². The van der Waals surface area contributed by atoms with Crippen molar-refractivity contribution in [2.75, 3.05) is 0 Å². The summed E-state index contributed by atoms with van der Waals surface area (Å²) in [6.45, 7) is 4.12. The molecule has 0 unspecified atom stereocenters. The molecule has 1 heterocycles. The van der Waals surface area contributed by atoms with E-state index in [1.54, 1.807) is 12.1 Å². The molecular formula is C12H12BrFN2O2. The summed E-state index contributed by atoms with van der Waals surface area (Å²) in [5.74, 6) is 1.46. The molecule has 0 spiro atoms. The summed E-state index contributed by atoms with van der Waals surface area (Å²) in [5, 5.41) is 3.82. The van der Waals surface area contributed by atoms with E-state index in [9.17, 15) is 4.39 Å². The molecule has 0 bridgehead atoms. The standard InChI is InChI=1S/C12H12BrFN2O2/c1-7(2)12-15-11(18-16-12)6-17-8-3-4-10(14)9(13)5-8/h3-5,7H,6H2,1-2H3. The first-order valence-electron chi connectivity index (χ1n) is 5.46. The summed E-state index contributed by atoms with van der Waals surface area (Å²) in [7, 11) is 0. The van der Waals surface area contributed by atoms with Crippen LogP contribution in [0, 0.1) is 5.82 Å². The topological polar surface area (TPSA) is 48.2 Å².